The summed E-state index contributed by atoms with van der Waals surface area (Å²) in [7, 11) is 0. The molecule has 108 valence electrons. The van der Waals surface area contributed by atoms with Gasteiger partial charge in [0.05, 0.1) is 6.54 Å². The molecule has 21 heavy (non-hydrogen) atoms. The van der Waals surface area contributed by atoms with Crippen LogP contribution in [0.25, 0.3) is 11.1 Å². The summed E-state index contributed by atoms with van der Waals surface area (Å²) >= 11 is 6.13. The van der Waals surface area contributed by atoms with Gasteiger partial charge in [0.1, 0.15) is 11.1 Å². The normalized spacial score (nSPS) is 14.0. The lowest BCUT2D eigenvalue weighted by atomic mass is 9.96. The zero-order valence-corrected chi connectivity index (χ0v) is 12.3. The van der Waals surface area contributed by atoms with Crippen molar-refractivity contribution in [2.24, 2.45) is 0 Å². The van der Waals surface area contributed by atoms with Crippen LogP contribution in [0, 0.1) is 0 Å². The van der Waals surface area contributed by atoms with E-state index in [1.807, 2.05) is 36.4 Å². The number of hydrogen-bond acceptors (Lipinski definition) is 4. The first kappa shape index (κ1) is 13.9. The van der Waals surface area contributed by atoms with Gasteiger partial charge >= 0.3 is 0 Å². The molecule has 0 amide bonds. The molecule has 0 bridgehead atoms. The predicted octanol–water partition coefficient (Wildman–Crippen LogP) is 3.80. The number of anilines is 1. The fourth-order valence-electron chi connectivity index (χ4n) is 2.19. The number of hydrogen-bond donors (Lipinski definition) is 2. The molecule has 0 spiro atoms. The fraction of sp³-hybridized carbons (Fsp3) is 0.188. The van der Waals surface area contributed by atoms with Crippen molar-refractivity contribution in [3.8, 4) is 0 Å². The fourth-order valence-corrected chi connectivity index (χ4v) is 2.53. The topological polar surface area (TPSA) is 58.3 Å². The quantitative estimate of drug-likeness (QED) is 0.769. The van der Waals surface area contributed by atoms with Crippen molar-refractivity contribution in [2.45, 2.75) is 12.5 Å². The Kier molecular flexibility index (Phi) is 3.57. The van der Waals surface area contributed by atoms with E-state index in [2.05, 4.69) is 10.3 Å². The molecule has 1 aromatic heterocycles. The van der Waals surface area contributed by atoms with Gasteiger partial charge in [0.2, 0.25) is 0 Å². The summed E-state index contributed by atoms with van der Waals surface area (Å²) in [5.74, 6) is 0. The van der Waals surface area contributed by atoms with Gasteiger partial charge in [-0.25, -0.2) is 0 Å². The highest BCUT2D eigenvalue weighted by Crippen LogP contribution is 2.28. The lowest BCUT2D eigenvalue weighted by Gasteiger charge is -2.24. The van der Waals surface area contributed by atoms with Crippen molar-refractivity contribution in [1.29, 1.82) is 0 Å². The summed E-state index contributed by atoms with van der Waals surface area (Å²) in [5, 5.41) is 14.1. The van der Waals surface area contributed by atoms with E-state index < -0.39 is 5.60 Å². The van der Waals surface area contributed by atoms with Crippen molar-refractivity contribution < 1.29 is 9.52 Å². The summed E-state index contributed by atoms with van der Waals surface area (Å²) in [4.78, 5) is 4.31. The molecule has 0 saturated heterocycles. The van der Waals surface area contributed by atoms with E-state index >= 15 is 0 Å². The lowest BCUT2D eigenvalue weighted by Crippen LogP contribution is -2.31. The second kappa shape index (κ2) is 5.39. The molecule has 0 fully saturated rings. The van der Waals surface area contributed by atoms with E-state index in [0.29, 0.717) is 22.2 Å². The Balaban J connectivity index is 1.78. The van der Waals surface area contributed by atoms with Crippen LogP contribution in [0.1, 0.15) is 12.5 Å². The minimum absolute atomic E-state index is 0.240. The molecule has 0 aliphatic carbocycles. The van der Waals surface area contributed by atoms with Gasteiger partial charge in [0.15, 0.2) is 5.58 Å². The molecule has 1 unspecified atom stereocenters. The third-order valence-corrected chi connectivity index (χ3v) is 3.66. The van der Waals surface area contributed by atoms with Crippen LogP contribution in [0.5, 0.6) is 0 Å². The zero-order valence-electron chi connectivity index (χ0n) is 11.5. The van der Waals surface area contributed by atoms with E-state index in [1.165, 1.54) is 0 Å². The Hall–Kier alpha value is -2.04. The molecule has 3 rings (SSSR count). The molecule has 0 aliphatic heterocycles. The maximum absolute atomic E-state index is 10.6. The Morgan fingerprint density at radius 2 is 1.90 bits per heavy atom. The molecule has 1 atom stereocenters. The second-order valence-electron chi connectivity index (χ2n) is 5.09. The summed E-state index contributed by atoms with van der Waals surface area (Å²) in [6.45, 7) is 1.94. The highest BCUT2D eigenvalue weighted by atomic mass is 35.5. The Morgan fingerprint density at radius 3 is 2.67 bits per heavy atom. The van der Waals surface area contributed by atoms with Crippen molar-refractivity contribution in [3.63, 3.8) is 0 Å². The van der Waals surface area contributed by atoms with E-state index in [0.717, 1.165) is 5.52 Å². The smallest absolute Gasteiger partial charge is 0.295 e. The van der Waals surface area contributed by atoms with Crippen LogP contribution < -0.4 is 5.32 Å². The minimum atomic E-state index is -1.13. The van der Waals surface area contributed by atoms with Crippen LogP contribution >= 0.6 is 11.6 Å². The van der Waals surface area contributed by atoms with Crippen LogP contribution in [0.4, 0.5) is 6.01 Å². The number of aromatic nitrogens is 1. The highest BCUT2D eigenvalue weighted by molar-refractivity contribution is 6.31. The maximum Gasteiger partial charge on any atom is 0.295 e. The van der Waals surface area contributed by atoms with Gasteiger partial charge in [-0.15, -0.1) is 0 Å². The number of benzene rings is 2. The first-order valence-corrected chi connectivity index (χ1v) is 7.01. The number of oxazole rings is 1. The SMILES string of the molecule is CC(O)(CNc1nc2ccccc2o1)c1ccccc1Cl. The third-order valence-electron chi connectivity index (χ3n) is 3.33. The van der Waals surface area contributed by atoms with Gasteiger partial charge < -0.3 is 14.8 Å². The van der Waals surface area contributed by atoms with Crippen molar-refractivity contribution in [1.82, 2.24) is 4.98 Å². The predicted molar refractivity (Wildman–Crippen MR) is 83.5 cm³/mol. The van der Waals surface area contributed by atoms with Crippen LogP contribution in [0.15, 0.2) is 52.9 Å². The van der Waals surface area contributed by atoms with Crippen LogP contribution in [-0.2, 0) is 5.60 Å². The highest BCUT2D eigenvalue weighted by Gasteiger charge is 2.26. The number of nitrogens with zero attached hydrogens (tertiary/aromatic N) is 1. The monoisotopic (exact) mass is 302 g/mol. The number of aliphatic hydroxyl groups is 1. The molecule has 0 radical (unpaired) electrons. The van der Waals surface area contributed by atoms with Gasteiger partial charge in [-0.05, 0) is 25.1 Å². The van der Waals surface area contributed by atoms with E-state index in [9.17, 15) is 5.11 Å². The molecular formula is C16H15ClN2O2. The van der Waals surface area contributed by atoms with Crippen LogP contribution in [0.2, 0.25) is 5.02 Å². The molecule has 1 heterocycles. The molecule has 4 nitrogen and oxygen atoms in total. The number of rotatable bonds is 4. The lowest BCUT2D eigenvalue weighted by molar-refractivity contribution is 0.0711. The van der Waals surface area contributed by atoms with Crippen molar-refractivity contribution in [2.75, 3.05) is 11.9 Å². The van der Waals surface area contributed by atoms with Gasteiger partial charge in [0, 0.05) is 10.6 Å². The molecular weight excluding hydrogens is 288 g/mol. The van der Waals surface area contributed by atoms with Gasteiger partial charge in [-0.1, -0.05) is 41.9 Å². The van der Waals surface area contributed by atoms with Gasteiger partial charge in [-0.3, -0.25) is 0 Å². The molecule has 2 aromatic carbocycles. The van der Waals surface area contributed by atoms with E-state index in [1.54, 1.807) is 19.1 Å². The Morgan fingerprint density at radius 1 is 1.19 bits per heavy atom. The summed E-state index contributed by atoms with van der Waals surface area (Å²) < 4.78 is 5.56. The molecule has 3 aromatic rings. The zero-order chi connectivity index (χ0) is 14.9. The summed E-state index contributed by atoms with van der Waals surface area (Å²) in [6, 6.07) is 15.1. The van der Waals surface area contributed by atoms with Gasteiger partial charge in [-0.2, -0.15) is 4.98 Å². The van der Waals surface area contributed by atoms with E-state index in [4.69, 9.17) is 16.0 Å². The molecule has 0 aliphatic rings. The maximum atomic E-state index is 10.6. The first-order valence-electron chi connectivity index (χ1n) is 6.63. The summed E-state index contributed by atoms with van der Waals surface area (Å²) in [6.07, 6.45) is 0. The molecule has 5 heteroatoms. The Labute approximate surface area is 127 Å². The molecule has 0 saturated carbocycles. The van der Waals surface area contributed by atoms with E-state index in [-0.39, 0.29) is 6.54 Å². The summed E-state index contributed by atoms with van der Waals surface area (Å²) in [5.41, 5.74) is 1.02. The number of nitrogens with one attached hydrogen (secondary N) is 1. The number of fused-ring (bicyclic) bond motifs is 1. The Bertz CT molecular complexity index is 735. The third kappa shape index (κ3) is 2.86. The number of halogens is 1. The number of para-hydroxylation sites is 2. The minimum Gasteiger partial charge on any atom is -0.424 e. The average Bonchev–Trinajstić information content (AvgIpc) is 2.88. The standard InChI is InChI=1S/C16H15ClN2O2/c1-16(20,11-6-2-3-7-12(11)17)10-18-15-19-13-8-4-5-9-14(13)21-15/h2-9,20H,10H2,1H3,(H,18,19). The van der Waals surface area contributed by atoms with Crippen molar-refractivity contribution in [3.05, 3.63) is 59.1 Å². The average molecular weight is 303 g/mol. The largest absolute Gasteiger partial charge is 0.424 e. The van der Waals surface area contributed by atoms with Gasteiger partial charge in [0.25, 0.3) is 6.01 Å². The first-order chi connectivity index (χ1) is 10.1. The van der Waals surface area contributed by atoms with Crippen molar-refractivity contribution >= 4 is 28.7 Å². The van der Waals surface area contributed by atoms with Crippen LogP contribution in [0.3, 0.4) is 0 Å². The molecule has 2 N–H and O–H groups in total. The second-order valence-corrected chi connectivity index (χ2v) is 5.50. The van der Waals surface area contributed by atoms with Crippen LogP contribution in [-0.4, -0.2) is 16.6 Å².